The van der Waals surface area contributed by atoms with Gasteiger partial charge in [0.2, 0.25) is 0 Å². The first kappa shape index (κ1) is 22.5. The van der Waals surface area contributed by atoms with Crippen molar-refractivity contribution < 1.29 is 26.1 Å². The summed E-state index contributed by atoms with van der Waals surface area (Å²) in [5.74, 6) is -1.64. The van der Waals surface area contributed by atoms with Crippen LogP contribution in [0.1, 0.15) is 31.1 Å². The molecule has 10 heteroatoms. The van der Waals surface area contributed by atoms with Gasteiger partial charge in [0.25, 0.3) is 10.0 Å². The molecular formula is C21H20F3N3O3S. The summed E-state index contributed by atoms with van der Waals surface area (Å²) in [6.07, 6.45) is -2.10. The average molecular weight is 451 g/mol. The molecule has 1 aromatic heterocycles. The van der Waals surface area contributed by atoms with E-state index in [2.05, 4.69) is 14.7 Å². The highest BCUT2D eigenvalue weighted by Gasteiger charge is 2.38. The van der Waals surface area contributed by atoms with E-state index in [0.717, 1.165) is 0 Å². The van der Waals surface area contributed by atoms with Crippen LogP contribution in [0.5, 0.6) is 0 Å². The Morgan fingerprint density at radius 2 is 1.77 bits per heavy atom. The summed E-state index contributed by atoms with van der Waals surface area (Å²) in [7, 11) is -3.87. The molecule has 0 aliphatic rings. The quantitative estimate of drug-likeness (QED) is 0.499. The number of benzene rings is 2. The van der Waals surface area contributed by atoms with Crippen LogP contribution >= 0.6 is 0 Å². The SMILES string of the molecule is CC(C)CN(c1ccccc1)S(=O)(=O)c1cccc(/C=C/c2noc(C(F)(F)F)n2)c1. The summed E-state index contributed by atoms with van der Waals surface area (Å²) in [5.41, 5.74) is 1.00. The van der Waals surface area contributed by atoms with Crippen LogP contribution in [-0.2, 0) is 16.2 Å². The van der Waals surface area contributed by atoms with E-state index in [9.17, 15) is 21.6 Å². The van der Waals surface area contributed by atoms with Gasteiger partial charge in [-0.15, -0.1) is 0 Å². The van der Waals surface area contributed by atoms with Crippen molar-refractivity contribution in [3.05, 3.63) is 71.9 Å². The maximum atomic E-state index is 13.3. The van der Waals surface area contributed by atoms with E-state index in [0.29, 0.717) is 11.3 Å². The van der Waals surface area contributed by atoms with Crippen LogP contribution in [0, 0.1) is 5.92 Å². The third-order valence-corrected chi connectivity index (χ3v) is 5.92. The maximum absolute atomic E-state index is 13.3. The Balaban J connectivity index is 1.91. The topological polar surface area (TPSA) is 76.3 Å². The van der Waals surface area contributed by atoms with Crippen molar-refractivity contribution in [1.82, 2.24) is 10.1 Å². The van der Waals surface area contributed by atoms with Crippen LogP contribution in [0.15, 0.2) is 64.0 Å². The van der Waals surface area contributed by atoms with Gasteiger partial charge in [0, 0.05) is 6.54 Å². The Morgan fingerprint density at radius 1 is 1.06 bits per heavy atom. The predicted octanol–water partition coefficient (Wildman–Crippen LogP) is 5.11. The van der Waals surface area contributed by atoms with Crippen LogP contribution in [0.2, 0.25) is 0 Å². The Hall–Kier alpha value is -3.14. The zero-order valence-corrected chi connectivity index (χ0v) is 17.6. The monoisotopic (exact) mass is 451 g/mol. The largest absolute Gasteiger partial charge is 0.471 e. The van der Waals surface area contributed by atoms with E-state index in [1.807, 2.05) is 13.8 Å². The molecule has 0 saturated carbocycles. The number of para-hydroxylation sites is 1. The van der Waals surface area contributed by atoms with E-state index < -0.39 is 22.1 Å². The smallest absolute Gasteiger partial charge is 0.329 e. The number of hydrogen-bond acceptors (Lipinski definition) is 5. The molecule has 0 aliphatic carbocycles. The van der Waals surface area contributed by atoms with E-state index in [1.165, 1.54) is 28.6 Å². The Labute approximate surface area is 178 Å². The molecule has 6 nitrogen and oxygen atoms in total. The molecule has 164 valence electrons. The van der Waals surface area contributed by atoms with E-state index in [4.69, 9.17) is 0 Å². The summed E-state index contributed by atoms with van der Waals surface area (Å²) in [4.78, 5) is 3.31. The van der Waals surface area contributed by atoms with E-state index in [1.54, 1.807) is 42.5 Å². The Bertz CT molecular complexity index is 1160. The second kappa shape index (κ2) is 8.93. The van der Waals surface area contributed by atoms with Crippen LogP contribution in [-0.4, -0.2) is 25.1 Å². The zero-order valence-electron chi connectivity index (χ0n) is 16.7. The molecule has 2 aromatic carbocycles. The van der Waals surface area contributed by atoms with Crippen molar-refractivity contribution in [3.63, 3.8) is 0 Å². The molecule has 0 radical (unpaired) electrons. The fraction of sp³-hybridized carbons (Fsp3) is 0.238. The number of nitrogens with zero attached hydrogens (tertiary/aromatic N) is 3. The van der Waals surface area contributed by atoms with Gasteiger partial charge in [-0.1, -0.05) is 55.4 Å². The molecule has 3 aromatic rings. The normalized spacial score (nSPS) is 12.6. The number of rotatable bonds is 7. The van der Waals surface area contributed by atoms with Crippen LogP contribution < -0.4 is 4.31 Å². The first-order chi connectivity index (χ1) is 14.6. The standard InChI is InChI=1S/C21H20F3N3O3S/c1-15(2)14-27(17-8-4-3-5-9-17)31(28,29)18-10-6-7-16(13-18)11-12-19-25-20(30-26-19)21(22,23)24/h3-13,15H,14H2,1-2H3/b12-11+. The first-order valence-corrected chi connectivity index (χ1v) is 10.8. The van der Waals surface area contributed by atoms with Gasteiger partial charge in [0.1, 0.15) is 0 Å². The van der Waals surface area contributed by atoms with Crippen molar-refractivity contribution in [3.8, 4) is 0 Å². The number of aromatic nitrogens is 2. The van der Waals surface area contributed by atoms with Crippen LogP contribution in [0.4, 0.5) is 18.9 Å². The summed E-state index contributed by atoms with van der Waals surface area (Å²) in [5, 5.41) is 3.25. The van der Waals surface area contributed by atoms with Gasteiger partial charge < -0.3 is 4.52 Å². The molecule has 0 fully saturated rings. The van der Waals surface area contributed by atoms with Crippen LogP contribution in [0.25, 0.3) is 12.2 Å². The van der Waals surface area contributed by atoms with Gasteiger partial charge in [0.15, 0.2) is 5.82 Å². The van der Waals surface area contributed by atoms with E-state index in [-0.39, 0.29) is 23.2 Å². The minimum absolute atomic E-state index is 0.0586. The molecule has 0 unspecified atom stereocenters. The molecule has 1 heterocycles. The van der Waals surface area contributed by atoms with Crippen molar-refractivity contribution in [2.45, 2.75) is 24.9 Å². The van der Waals surface area contributed by atoms with Gasteiger partial charge in [-0.05, 0) is 41.8 Å². The molecule has 3 rings (SSSR count). The second-order valence-corrected chi connectivity index (χ2v) is 8.99. The zero-order chi connectivity index (χ0) is 22.6. The summed E-state index contributed by atoms with van der Waals surface area (Å²) in [6.45, 7) is 4.13. The van der Waals surface area contributed by atoms with Gasteiger partial charge in [0.05, 0.1) is 10.6 Å². The highest BCUT2D eigenvalue weighted by atomic mass is 32.2. The minimum Gasteiger partial charge on any atom is -0.329 e. The molecule has 31 heavy (non-hydrogen) atoms. The molecule has 0 amide bonds. The van der Waals surface area contributed by atoms with Crippen molar-refractivity contribution in [2.75, 3.05) is 10.8 Å². The Morgan fingerprint density at radius 3 is 2.39 bits per heavy atom. The molecule has 0 bridgehead atoms. The number of anilines is 1. The van der Waals surface area contributed by atoms with Gasteiger partial charge >= 0.3 is 12.1 Å². The lowest BCUT2D eigenvalue weighted by Crippen LogP contribution is -2.34. The van der Waals surface area contributed by atoms with Crippen molar-refractivity contribution in [1.29, 1.82) is 0 Å². The fourth-order valence-electron chi connectivity index (χ4n) is 2.76. The lowest BCUT2D eigenvalue weighted by molar-refractivity contribution is -0.159. The lowest BCUT2D eigenvalue weighted by atomic mass is 10.2. The second-order valence-electron chi connectivity index (χ2n) is 7.13. The van der Waals surface area contributed by atoms with Gasteiger partial charge in [-0.2, -0.15) is 18.2 Å². The third-order valence-electron chi connectivity index (χ3n) is 4.13. The molecule has 0 N–H and O–H groups in total. The maximum Gasteiger partial charge on any atom is 0.471 e. The van der Waals surface area contributed by atoms with Crippen molar-refractivity contribution >= 4 is 27.9 Å². The van der Waals surface area contributed by atoms with Gasteiger partial charge in [-0.25, -0.2) is 8.42 Å². The van der Waals surface area contributed by atoms with E-state index >= 15 is 0 Å². The van der Waals surface area contributed by atoms with Gasteiger partial charge in [-0.3, -0.25) is 4.31 Å². The molecular weight excluding hydrogens is 431 g/mol. The number of halogens is 3. The minimum atomic E-state index is -4.73. The van der Waals surface area contributed by atoms with Crippen LogP contribution in [0.3, 0.4) is 0 Å². The average Bonchev–Trinajstić information content (AvgIpc) is 3.21. The predicted molar refractivity (Wildman–Crippen MR) is 110 cm³/mol. The fourth-order valence-corrected chi connectivity index (χ4v) is 4.45. The lowest BCUT2D eigenvalue weighted by Gasteiger charge is -2.26. The Kier molecular flexibility index (Phi) is 6.49. The number of hydrogen-bond donors (Lipinski definition) is 0. The third kappa shape index (κ3) is 5.52. The molecule has 0 spiro atoms. The molecule has 0 atom stereocenters. The number of sulfonamides is 1. The highest BCUT2D eigenvalue weighted by Crippen LogP contribution is 2.28. The summed E-state index contributed by atoms with van der Waals surface area (Å²) in [6, 6.07) is 14.9. The first-order valence-electron chi connectivity index (χ1n) is 9.34. The highest BCUT2D eigenvalue weighted by molar-refractivity contribution is 7.92. The van der Waals surface area contributed by atoms with Crippen molar-refractivity contribution in [2.24, 2.45) is 5.92 Å². The summed E-state index contributed by atoms with van der Waals surface area (Å²) >= 11 is 0. The number of alkyl halides is 3. The summed E-state index contributed by atoms with van der Waals surface area (Å²) < 4.78 is 69.9. The molecule has 0 saturated heterocycles. The molecule has 0 aliphatic heterocycles.